The Morgan fingerprint density at radius 2 is 1.95 bits per heavy atom. The lowest BCUT2D eigenvalue weighted by Crippen LogP contribution is -2.34. The summed E-state index contributed by atoms with van der Waals surface area (Å²) < 4.78 is 27.0. The molecule has 37 heavy (non-hydrogen) atoms. The van der Waals surface area contributed by atoms with E-state index in [0.29, 0.717) is 24.3 Å². The van der Waals surface area contributed by atoms with Gasteiger partial charge >= 0.3 is 12.1 Å². The van der Waals surface area contributed by atoms with Crippen molar-refractivity contribution in [2.75, 3.05) is 20.8 Å². The zero-order valence-corrected chi connectivity index (χ0v) is 21.2. The number of imidazole rings is 1. The number of nitrogens with zero attached hydrogens (tertiary/aromatic N) is 3. The molecule has 2 heterocycles. The number of benzene rings is 2. The summed E-state index contributed by atoms with van der Waals surface area (Å²) in [7, 11) is 2.82. The molecular weight excluding hydrogens is 477 g/mol. The monoisotopic (exact) mass is 509 g/mol. The second kappa shape index (κ2) is 10.4. The first-order valence-corrected chi connectivity index (χ1v) is 12.8. The fourth-order valence-electron chi connectivity index (χ4n) is 5.87. The molecule has 8 nitrogen and oxygen atoms in total. The highest BCUT2D eigenvalue weighted by molar-refractivity contribution is 5.83. The minimum absolute atomic E-state index is 0.205. The van der Waals surface area contributed by atoms with Gasteiger partial charge in [-0.15, -0.1) is 0 Å². The van der Waals surface area contributed by atoms with Crippen LogP contribution >= 0.6 is 0 Å². The summed E-state index contributed by atoms with van der Waals surface area (Å²) in [5.41, 5.74) is 4.05. The number of halogens is 1. The summed E-state index contributed by atoms with van der Waals surface area (Å²) in [6.07, 6.45) is 5.09. The predicted molar refractivity (Wildman–Crippen MR) is 135 cm³/mol. The van der Waals surface area contributed by atoms with Gasteiger partial charge in [-0.05, 0) is 49.1 Å². The van der Waals surface area contributed by atoms with Crippen LogP contribution in [0.15, 0.2) is 30.3 Å². The molecule has 0 radical (unpaired) electrons. The summed E-state index contributed by atoms with van der Waals surface area (Å²) in [4.78, 5) is 31.3. The molecule has 9 heteroatoms. The Morgan fingerprint density at radius 1 is 1.16 bits per heavy atom. The first kappa shape index (κ1) is 25.0. The number of aromatic nitrogens is 2. The molecule has 1 unspecified atom stereocenters. The van der Waals surface area contributed by atoms with Crippen LogP contribution in [-0.4, -0.2) is 52.4 Å². The van der Waals surface area contributed by atoms with Crippen LogP contribution in [0.4, 0.5) is 9.18 Å². The van der Waals surface area contributed by atoms with Crippen molar-refractivity contribution in [2.24, 2.45) is 0 Å². The lowest BCUT2D eigenvalue weighted by molar-refractivity contribution is -0.142. The smallest absolute Gasteiger partial charge is 0.407 e. The molecule has 1 aliphatic carbocycles. The van der Waals surface area contributed by atoms with Gasteiger partial charge in [0.1, 0.15) is 23.3 Å². The maximum absolute atomic E-state index is 14.3. The highest BCUT2D eigenvalue weighted by Crippen LogP contribution is 2.38. The Kier molecular flexibility index (Phi) is 7.04. The van der Waals surface area contributed by atoms with Crippen LogP contribution in [0, 0.1) is 5.82 Å². The molecule has 2 aliphatic rings. The van der Waals surface area contributed by atoms with Crippen molar-refractivity contribution in [3.8, 4) is 5.75 Å². The molecule has 0 spiro atoms. The summed E-state index contributed by atoms with van der Waals surface area (Å²) in [6, 6.07) is 8.20. The minimum Gasteiger partial charge on any atom is -0.496 e. The number of rotatable bonds is 6. The van der Waals surface area contributed by atoms with Crippen molar-refractivity contribution < 1.29 is 28.6 Å². The third-order valence-corrected chi connectivity index (χ3v) is 7.81. The highest BCUT2D eigenvalue weighted by atomic mass is 19.1. The third-order valence-electron chi connectivity index (χ3n) is 7.81. The first-order chi connectivity index (χ1) is 17.9. The SMILES string of the molecule is COC(=O)C(Cn1c(C2CCCCC2)nc2c3c(ccc21)CCN(C(=O)O)C3)c1cc(F)ccc1OC. The number of ether oxygens (including phenoxy) is 2. The molecule has 1 aromatic heterocycles. The molecule has 5 rings (SSSR count). The largest absolute Gasteiger partial charge is 0.496 e. The van der Waals surface area contributed by atoms with E-state index in [1.165, 1.54) is 43.7 Å². The molecule has 1 atom stereocenters. The van der Waals surface area contributed by atoms with E-state index in [1.807, 2.05) is 12.1 Å². The molecule has 1 saturated carbocycles. The van der Waals surface area contributed by atoms with E-state index in [-0.39, 0.29) is 19.0 Å². The van der Waals surface area contributed by atoms with E-state index >= 15 is 0 Å². The molecular formula is C28H32FN3O5. The molecule has 3 aromatic rings. The molecule has 2 aromatic carbocycles. The first-order valence-electron chi connectivity index (χ1n) is 12.8. The number of esters is 1. The zero-order chi connectivity index (χ0) is 26.1. The lowest BCUT2D eigenvalue weighted by atomic mass is 9.88. The fourth-order valence-corrected chi connectivity index (χ4v) is 5.87. The van der Waals surface area contributed by atoms with Crippen molar-refractivity contribution >= 4 is 23.1 Å². The second-order valence-electron chi connectivity index (χ2n) is 9.90. The number of carbonyl (C=O) groups excluding carboxylic acids is 1. The Morgan fingerprint density at radius 3 is 2.65 bits per heavy atom. The number of hydrogen-bond donors (Lipinski definition) is 1. The quantitative estimate of drug-likeness (QED) is 0.458. The number of carboxylic acid groups (broad SMARTS) is 1. The standard InChI is InChI=1S/C28H32FN3O5/c1-36-24-11-9-19(29)14-20(24)22(27(33)37-2)16-32-23-10-8-17-12-13-31(28(34)35)15-21(17)25(23)30-26(32)18-6-4-3-5-7-18/h8-11,14,18,22H,3-7,12-13,15-16H2,1-2H3,(H,34,35). The fraction of sp³-hybridized carbons (Fsp3) is 0.464. The topological polar surface area (TPSA) is 93.9 Å². The maximum Gasteiger partial charge on any atom is 0.407 e. The van der Waals surface area contributed by atoms with Gasteiger partial charge in [0, 0.05) is 30.1 Å². The lowest BCUT2D eigenvalue weighted by Gasteiger charge is -2.26. The second-order valence-corrected chi connectivity index (χ2v) is 9.90. The van der Waals surface area contributed by atoms with Gasteiger partial charge in [0.25, 0.3) is 0 Å². The zero-order valence-electron chi connectivity index (χ0n) is 21.2. The molecule has 1 aliphatic heterocycles. The molecule has 1 fully saturated rings. The number of fused-ring (bicyclic) bond motifs is 3. The van der Waals surface area contributed by atoms with Crippen LogP contribution in [-0.2, 0) is 29.0 Å². The normalized spacial score (nSPS) is 16.9. The van der Waals surface area contributed by atoms with E-state index in [1.54, 1.807) is 0 Å². The van der Waals surface area contributed by atoms with Gasteiger partial charge in [0.05, 0.1) is 31.8 Å². The van der Waals surface area contributed by atoms with E-state index in [4.69, 9.17) is 14.5 Å². The van der Waals surface area contributed by atoms with Gasteiger partial charge in [-0.1, -0.05) is 25.3 Å². The molecule has 1 amide bonds. The van der Waals surface area contributed by atoms with Gasteiger partial charge in [-0.2, -0.15) is 0 Å². The van der Waals surface area contributed by atoms with Gasteiger partial charge in [0.15, 0.2) is 0 Å². The number of amides is 1. The van der Waals surface area contributed by atoms with E-state index in [0.717, 1.165) is 53.7 Å². The summed E-state index contributed by atoms with van der Waals surface area (Å²) in [5.74, 6) is -0.244. The molecule has 0 bridgehead atoms. The third kappa shape index (κ3) is 4.74. The van der Waals surface area contributed by atoms with Crippen LogP contribution in [0.25, 0.3) is 11.0 Å². The average Bonchev–Trinajstić information content (AvgIpc) is 3.30. The minimum atomic E-state index is -0.946. The van der Waals surface area contributed by atoms with Crippen molar-refractivity contribution in [1.29, 1.82) is 0 Å². The van der Waals surface area contributed by atoms with E-state index in [2.05, 4.69) is 4.57 Å². The van der Waals surface area contributed by atoms with Crippen LogP contribution in [0.5, 0.6) is 5.75 Å². The van der Waals surface area contributed by atoms with E-state index < -0.39 is 23.8 Å². The summed E-state index contributed by atoms with van der Waals surface area (Å²) >= 11 is 0. The van der Waals surface area contributed by atoms with Crippen molar-refractivity contribution in [1.82, 2.24) is 14.5 Å². The van der Waals surface area contributed by atoms with Crippen LogP contribution in [0.3, 0.4) is 0 Å². The van der Waals surface area contributed by atoms with Gasteiger partial charge < -0.3 is 24.0 Å². The Labute approximate surface area is 215 Å². The van der Waals surface area contributed by atoms with Crippen molar-refractivity contribution in [3.05, 3.63) is 58.7 Å². The maximum atomic E-state index is 14.3. The van der Waals surface area contributed by atoms with Crippen LogP contribution < -0.4 is 4.74 Å². The predicted octanol–water partition coefficient (Wildman–Crippen LogP) is 5.22. The van der Waals surface area contributed by atoms with Crippen molar-refractivity contribution in [3.63, 3.8) is 0 Å². The number of methoxy groups -OCH3 is 2. The van der Waals surface area contributed by atoms with E-state index in [9.17, 15) is 19.1 Å². The summed E-state index contributed by atoms with van der Waals surface area (Å²) in [5, 5.41) is 9.61. The summed E-state index contributed by atoms with van der Waals surface area (Å²) in [6.45, 7) is 0.936. The van der Waals surface area contributed by atoms with Gasteiger partial charge in [0.2, 0.25) is 0 Å². The average molecular weight is 510 g/mol. The number of carbonyl (C=O) groups is 2. The van der Waals surface area contributed by atoms with Crippen LogP contribution in [0.1, 0.15) is 66.5 Å². The molecule has 0 saturated heterocycles. The molecule has 1 N–H and O–H groups in total. The number of hydrogen-bond acceptors (Lipinski definition) is 5. The highest BCUT2D eigenvalue weighted by Gasteiger charge is 2.32. The van der Waals surface area contributed by atoms with Gasteiger partial charge in [-0.3, -0.25) is 4.79 Å². The Hall–Kier alpha value is -3.62. The molecule has 196 valence electrons. The Balaban J connectivity index is 1.66. The van der Waals surface area contributed by atoms with Crippen molar-refractivity contribution in [2.45, 2.75) is 63.5 Å². The van der Waals surface area contributed by atoms with Gasteiger partial charge in [-0.25, -0.2) is 14.2 Å². The van der Waals surface area contributed by atoms with Crippen LogP contribution in [0.2, 0.25) is 0 Å². The Bertz CT molecular complexity index is 1330.